The van der Waals surface area contributed by atoms with Gasteiger partial charge in [0.05, 0.1) is 13.2 Å². The molecule has 0 fully saturated rings. The number of rotatable bonds is 31. The number of carboxylic acid groups (broad SMARTS) is 1. The van der Waals surface area contributed by atoms with Gasteiger partial charge in [-0.3, -0.25) is 14.4 Å². The van der Waals surface area contributed by atoms with Crippen LogP contribution in [0.3, 0.4) is 0 Å². The Morgan fingerprint density at radius 3 is 1.89 bits per heavy atom. The minimum Gasteiger partial charge on any atom is -0.480 e. The molecule has 0 saturated heterocycles. The fourth-order valence-corrected chi connectivity index (χ4v) is 4.90. The van der Waals surface area contributed by atoms with E-state index in [1.807, 2.05) is 0 Å². The minimum atomic E-state index is -1.38. The first-order valence-corrected chi connectivity index (χ1v) is 17.7. The van der Waals surface area contributed by atoms with E-state index in [0.29, 0.717) is 19.3 Å². The number of hydrogen-bond donors (Lipinski definition) is 4. The lowest BCUT2D eigenvalue weighted by Crippen LogP contribution is -2.47. The summed E-state index contributed by atoms with van der Waals surface area (Å²) < 4.78 is 5.85. The molecule has 0 aliphatic heterocycles. The van der Waals surface area contributed by atoms with E-state index in [1.54, 1.807) is 0 Å². The summed E-state index contributed by atoms with van der Waals surface area (Å²) in [4.78, 5) is 47.0. The highest BCUT2D eigenvalue weighted by atomic mass is 16.5. The molecule has 2 amide bonds. The molecule has 0 bridgehead atoms. The van der Waals surface area contributed by atoms with Crippen LogP contribution in [0.4, 0.5) is 0 Å². The van der Waals surface area contributed by atoms with Crippen molar-refractivity contribution in [2.45, 2.75) is 167 Å². The Morgan fingerprint density at radius 2 is 1.27 bits per heavy atom. The Morgan fingerprint density at radius 1 is 0.689 bits per heavy atom. The fourth-order valence-electron chi connectivity index (χ4n) is 4.90. The van der Waals surface area contributed by atoms with E-state index in [0.717, 1.165) is 64.2 Å². The van der Waals surface area contributed by atoms with Gasteiger partial charge in [0.25, 0.3) is 0 Å². The molecule has 0 spiro atoms. The van der Waals surface area contributed by atoms with Gasteiger partial charge in [0.2, 0.25) is 11.8 Å². The van der Waals surface area contributed by atoms with E-state index >= 15 is 0 Å². The van der Waals surface area contributed by atoms with E-state index in [-0.39, 0.29) is 24.5 Å². The zero-order valence-corrected chi connectivity index (χ0v) is 28.4. The van der Waals surface area contributed by atoms with Gasteiger partial charge in [-0.2, -0.15) is 0 Å². The average Bonchev–Trinajstić information content (AvgIpc) is 3.02. The topological polar surface area (TPSA) is 142 Å². The zero-order chi connectivity index (χ0) is 33.4. The fraction of sp³-hybridized carbons (Fsp3) is 0.778. The predicted octanol–water partition coefficient (Wildman–Crippen LogP) is 7.31. The lowest BCUT2D eigenvalue weighted by Gasteiger charge is -2.15. The monoisotopic (exact) mass is 636 g/mol. The number of nitrogens with one attached hydrogen (secondary N) is 2. The molecular weight excluding hydrogens is 572 g/mol. The Hall–Kier alpha value is -2.68. The Kier molecular flexibility index (Phi) is 29.4. The number of aliphatic hydroxyl groups excluding tert-OH is 1. The largest absolute Gasteiger partial charge is 0.480 e. The molecule has 4 N–H and O–H groups in total. The smallest absolute Gasteiger partial charge is 0.328 e. The molecule has 0 aliphatic rings. The van der Waals surface area contributed by atoms with Crippen molar-refractivity contribution in [1.29, 1.82) is 0 Å². The summed E-state index contributed by atoms with van der Waals surface area (Å²) in [5.41, 5.74) is 0. The molecule has 45 heavy (non-hydrogen) atoms. The lowest BCUT2D eigenvalue weighted by molar-refractivity contribution is -0.147. The first-order valence-electron chi connectivity index (χ1n) is 17.7. The maximum atomic E-state index is 12.5. The summed E-state index contributed by atoms with van der Waals surface area (Å²) in [5, 5.41) is 22.4. The van der Waals surface area contributed by atoms with Gasteiger partial charge in [0.1, 0.15) is 12.1 Å². The molecule has 0 rings (SSSR count). The van der Waals surface area contributed by atoms with E-state index < -0.39 is 24.5 Å². The van der Waals surface area contributed by atoms with Crippen molar-refractivity contribution in [1.82, 2.24) is 10.6 Å². The van der Waals surface area contributed by atoms with Crippen LogP contribution < -0.4 is 10.6 Å². The number of carboxylic acids is 1. The van der Waals surface area contributed by atoms with Crippen molar-refractivity contribution in [3.63, 3.8) is 0 Å². The van der Waals surface area contributed by atoms with Gasteiger partial charge in [-0.15, -0.1) is 0 Å². The molecule has 9 heteroatoms. The van der Waals surface area contributed by atoms with Gasteiger partial charge in [-0.1, -0.05) is 116 Å². The average molecular weight is 637 g/mol. The second-order valence-corrected chi connectivity index (χ2v) is 12.0. The Labute approximate surface area is 273 Å². The highest BCUT2D eigenvalue weighted by Gasteiger charge is 2.18. The Bertz CT molecular complexity index is 828. The van der Waals surface area contributed by atoms with Crippen LogP contribution in [0.5, 0.6) is 0 Å². The van der Waals surface area contributed by atoms with Crippen LogP contribution in [0.15, 0.2) is 24.3 Å². The SMILES string of the molecule is CCCCCC/C=C\C/C=C\C(CCCCCCCCC(=O)NCC(=O)NC(CO)C(=O)O)OC(=O)CCCCCCCCC. The van der Waals surface area contributed by atoms with E-state index in [1.165, 1.54) is 57.8 Å². The third kappa shape index (κ3) is 28.5. The highest BCUT2D eigenvalue weighted by molar-refractivity contribution is 5.87. The van der Waals surface area contributed by atoms with Gasteiger partial charge in [-0.25, -0.2) is 4.79 Å². The van der Waals surface area contributed by atoms with Gasteiger partial charge >= 0.3 is 11.9 Å². The molecule has 0 aromatic carbocycles. The molecule has 0 aromatic rings. The summed E-state index contributed by atoms with van der Waals surface area (Å²) in [5.74, 6) is -2.35. The van der Waals surface area contributed by atoms with Crippen LogP contribution >= 0.6 is 0 Å². The number of esters is 1. The van der Waals surface area contributed by atoms with Crippen molar-refractivity contribution in [3.8, 4) is 0 Å². The zero-order valence-electron chi connectivity index (χ0n) is 28.4. The normalized spacial score (nSPS) is 12.8. The second-order valence-electron chi connectivity index (χ2n) is 12.0. The summed E-state index contributed by atoms with van der Waals surface area (Å²) >= 11 is 0. The molecule has 0 aromatic heterocycles. The molecule has 2 atom stereocenters. The molecule has 0 heterocycles. The second kappa shape index (κ2) is 31.3. The van der Waals surface area contributed by atoms with Crippen molar-refractivity contribution in [2.24, 2.45) is 0 Å². The summed E-state index contributed by atoms with van der Waals surface area (Å²) in [7, 11) is 0. The number of aliphatic carboxylic acids is 1. The molecule has 9 nitrogen and oxygen atoms in total. The maximum absolute atomic E-state index is 12.5. The number of hydrogen-bond acceptors (Lipinski definition) is 6. The van der Waals surface area contributed by atoms with Crippen molar-refractivity contribution >= 4 is 23.8 Å². The molecule has 0 radical (unpaired) electrons. The molecular formula is C36H64N2O7. The number of ether oxygens (including phenoxy) is 1. The maximum Gasteiger partial charge on any atom is 0.328 e. The summed E-state index contributed by atoms with van der Waals surface area (Å²) in [6.45, 7) is 3.40. The minimum absolute atomic E-state index is 0.101. The molecule has 0 saturated carbocycles. The van der Waals surface area contributed by atoms with Crippen LogP contribution in [0.1, 0.15) is 155 Å². The molecule has 0 aliphatic carbocycles. The van der Waals surface area contributed by atoms with Crippen LogP contribution in [-0.2, 0) is 23.9 Å². The van der Waals surface area contributed by atoms with Crippen LogP contribution in [-0.4, -0.2) is 59.3 Å². The number of carbonyl (C=O) groups excluding carboxylic acids is 3. The summed E-state index contributed by atoms with van der Waals surface area (Å²) in [6, 6.07) is -1.38. The van der Waals surface area contributed by atoms with E-state index in [4.69, 9.17) is 14.9 Å². The van der Waals surface area contributed by atoms with Crippen LogP contribution in [0.25, 0.3) is 0 Å². The van der Waals surface area contributed by atoms with E-state index in [2.05, 4.69) is 48.8 Å². The number of amides is 2. The third-order valence-electron chi connectivity index (χ3n) is 7.69. The van der Waals surface area contributed by atoms with E-state index in [9.17, 15) is 19.2 Å². The van der Waals surface area contributed by atoms with Crippen molar-refractivity contribution in [3.05, 3.63) is 24.3 Å². The van der Waals surface area contributed by atoms with Gasteiger partial charge in [0.15, 0.2) is 0 Å². The first kappa shape index (κ1) is 42.3. The van der Waals surface area contributed by atoms with Gasteiger partial charge in [0, 0.05) is 12.8 Å². The number of unbranched alkanes of at least 4 members (excludes halogenated alkanes) is 15. The Balaban J connectivity index is 4.30. The van der Waals surface area contributed by atoms with Gasteiger partial charge in [-0.05, 0) is 51.0 Å². The standard InChI is InChI=1S/C36H64N2O7/c1-3-5-7-9-11-12-14-17-21-25-31(45-35(42)28-24-20-13-10-8-6-4-2)26-22-18-15-16-19-23-27-33(40)37-29-34(41)38-32(30-39)36(43)44/h12,14,21,25,31-32,39H,3-11,13,15-20,22-24,26-30H2,1-2H3,(H,37,40)(H,38,41)(H,43,44)/b14-12-,25-21-. The predicted molar refractivity (Wildman–Crippen MR) is 181 cm³/mol. The lowest BCUT2D eigenvalue weighted by atomic mass is 10.1. The summed E-state index contributed by atoms with van der Waals surface area (Å²) in [6.07, 6.45) is 30.9. The third-order valence-corrected chi connectivity index (χ3v) is 7.69. The quantitative estimate of drug-likeness (QED) is 0.0355. The van der Waals surface area contributed by atoms with Crippen molar-refractivity contribution < 1.29 is 34.1 Å². The van der Waals surface area contributed by atoms with Crippen LogP contribution in [0.2, 0.25) is 0 Å². The number of aliphatic hydroxyl groups is 1. The highest BCUT2D eigenvalue weighted by Crippen LogP contribution is 2.15. The van der Waals surface area contributed by atoms with Crippen molar-refractivity contribution in [2.75, 3.05) is 13.2 Å². The first-order chi connectivity index (χ1) is 21.8. The molecule has 260 valence electrons. The van der Waals surface area contributed by atoms with Crippen LogP contribution in [0, 0.1) is 0 Å². The number of allylic oxidation sites excluding steroid dienone is 3. The van der Waals surface area contributed by atoms with Gasteiger partial charge < -0.3 is 25.6 Å². The molecule has 2 unspecified atom stereocenters. The number of carbonyl (C=O) groups is 4.